The standard InChI is InChI=1S/C4HClF3N3O/c5-2(4(6,7)8)10-3-11-9-1-12-3/h1H. The maximum atomic E-state index is 11.7. The summed E-state index contributed by atoms with van der Waals surface area (Å²) in [6, 6.07) is -0.530. The molecule has 1 aromatic heterocycles. The zero-order valence-corrected chi connectivity index (χ0v) is 6.10. The van der Waals surface area contributed by atoms with Crippen LogP contribution in [-0.2, 0) is 0 Å². The number of halogens is 4. The van der Waals surface area contributed by atoms with Crippen LogP contribution in [0.3, 0.4) is 0 Å². The van der Waals surface area contributed by atoms with Crippen LogP contribution in [-0.4, -0.2) is 21.5 Å². The Morgan fingerprint density at radius 2 is 2.25 bits per heavy atom. The number of aromatic nitrogens is 2. The topological polar surface area (TPSA) is 51.3 Å². The Morgan fingerprint density at radius 3 is 2.67 bits per heavy atom. The highest BCUT2D eigenvalue weighted by Gasteiger charge is 2.35. The van der Waals surface area contributed by atoms with Crippen molar-refractivity contribution in [3.05, 3.63) is 6.39 Å². The number of hydrogen-bond acceptors (Lipinski definition) is 4. The van der Waals surface area contributed by atoms with Crippen LogP contribution in [0.15, 0.2) is 15.8 Å². The first kappa shape index (κ1) is 8.98. The first-order valence-corrected chi connectivity index (χ1v) is 2.95. The van der Waals surface area contributed by atoms with Crippen molar-refractivity contribution in [3.63, 3.8) is 0 Å². The zero-order valence-electron chi connectivity index (χ0n) is 5.34. The lowest BCUT2D eigenvalue weighted by molar-refractivity contribution is -0.0559. The molecule has 0 N–H and O–H groups in total. The van der Waals surface area contributed by atoms with Crippen molar-refractivity contribution >= 4 is 22.8 Å². The van der Waals surface area contributed by atoms with E-state index in [1.807, 2.05) is 0 Å². The van der Waals surface area contributed by atoms with Crippen molar-refractivity contribution in [2.24, 2.45) is 4.99 Å². The molecule has 0 aromatic carbocycles. The van der Waals surface area contributed by atoms with Gasteiger partial charge in [-0.3, -0.25) is 0 Å². The zero-order chi connectivity index (χ0) is 9.19. The van der Waals surface area contributed by atoms with Crippen LogP contribution in [0, 0.1) is 0 Å². The van der Waals surface area contributed by atoms with Crippen molar-refractivity contribution in [1.29, 1.82) is 0 Å². The van der Waals surface area contributed by atoms with Gasteiger partial charge < -0.3 is 4.42 Å². The molecule has 0 saturated heterocycles. The molecule has 0 spiro atoms. The van der Waals surface area contributed by atoms with Gasteiger partial charge in [0.15, 0.2) is 0 Å². The summed E-state index contributed by atoms with van der Waals surface area (Å²) >= 11 is 4.75. The molecule has 66 valence electrons. The molecule has 0 aliphatic rings. The minimum absolute atomic E-state index is 0.530. The monoisotopic (exact) mass is 199 g/mol. The van der Waals surface area contributed by atoms with Crippen LogP contribution < -0.4 is 0 Å². The van der Waals surface area contributed by atoms with Crippen molar-refractivity contribution < 1.29 is 17.6 Å². The quantitative estimate of drug-likeness (QED) is 0.649. The predicted octanol–water partition coefficient (Wildman–Crippen LogP) is 1.90. The predicted molar refractivity (Wildman–Crippen MR) is 33.3 cm³/mol. The fourth-order valence-corrected chi connectivity index (χ4v) is 0.436. The van der Waals surface area contributed by atoms with Gasteiger partial charge in [0.1, 0.15) is 0 Å². The molecule has 1 heterocycles. The summed E-state index contributed by atoms with van der Waals surface area (Å²) in [5.41, 5.74) is 0. The van der Waals surface area contributed by atoms with Crippen molar-refractivity contribution in [1.82, 2.24) is 10.2 Å². The highest BCUT2D eigenvalue weighted by atomic mass is 35.5. The lowest BCUT2D eigenvalue weighted by Gasteiger charge is -1.99. The van der Waals surface area contributed by atoms with E-state index in [2.05, 4.69) is 19.6 Å². The van der Waals surface area contributed by atoms with Gasteiger partial charge in [-0.2, -0.15) is 18.2 Å². The minimum atomic E-state index is -4.68. The van der Waals surface area contributed by atoms with E-state index in [4.69, 9.17) is 11.6 Å². The summed E-state index contributed by atoms with van der Waals surface area (Å²) in [6.07, 6.45) is -3.84. The molecule has 0 radical (unpaired) electrons. The van der Waals surface area contributed by atoms with E-state index in [9.17, 15) is 13.2 Å². The molecule has 0 amide bonds. The Hall–Kier alpha value is -1.11. The smallest absolute Gasteiger partial charge is 0.409 e. The molecular formula is C4HClF3N3O. The second-order valence-electron chi connectivity index (χ2n) is 1.62. The fourth-order valence-electron chi connectivity index (χ4n) is 0.363. The van der Waals surface area contributed by atoms with Gasteiger partial charge in [-0.15, -0.1) is 5.10 Å². The van der Waals surface area contributed by atoms with Gasteiger partial charge >= 0.3 is 12.2 Å². The van der Waals surface area contributed by atoms with Crippen LogP contribution in [0.25, 0.3) is 0 Å². The van der Waals surface area contributed by atoms with Crippen LogP contribution in [0.2, 0.25) is 0 Å². The first-order valence-electron chi connectivity index (χ1n) is 2.57. The van der Waals surface area contributed by atoms with Gasteiger partial charge in [0.05, 0.1) is 0 Å². The third-order valence-electron chi connectivity index (χ3n) is 0.776. The maximum absolute atomic E-state index is 11.7. The summed E-state index contributed by atoms with van der Waals surface area (Å²) in [5, 5.41) is 4.64. The van der Waals surface area contributed by atoms with Gasteiger partial charge in [0.2, 0.25) is 11.6 Å². The van der Waals surface area contributed by atoms with E-state index >= 15 is 0 Å². The second-order valence-corrected chi connectivity index (χ2v) is 1.98. The van der Waals surface area contributed by atoms with Gasteiger partial charge in [0, 0.05) is 0 Å². The molecule has 4 nitrogen and oxygen atoms in total. The summed E-state index contributed by atoms with van der Waals surface area (Å²) in [5.74, 6) is 0. The minimum Gasteiger partial charge on any atom is -0.409 e. The fraction of sp³-hybridized carbons (Fsp3) is 0.250. The summed E-state index contributed by atoms with van der Waals surface area (Å²) < 4.78 is 39.4. The third kappa shape index (κ3) is 2.19. The Labute approximate surface area is 69.1 Å². The van der Waals surface area contributed by atoms with Crippen LogP contribution in [0.5, 0.6) is 0 Å². The number of nitrogens with zero attached hydrogens (tertiary/aromatic N) is 3. The Balaban J connectivity index is 2.84. The molecule has 0 unspecified atom stereocenters. The van der Waals surface area contributed by atoms with Gasteiger partial charge in [-0.05, 0) is 0 Å². The number of rotatable bonds is 1. The summed E-state index contributed by atoms with van der Waals surface area (Å²) in [4.78, 5) is 2.81. The molecule has 1 aromatic rings. The van der Waals surface area contributed by atoms with Gasteiger partial charge in [-0.1, -0.05) is 16.7 Å². The van der Waals surface area contributed by atoms with Crippen LogP contribution in [0.4, 0.5) is 19.2 Å². The van der Waals surface area contributed by atoms with Crippen LogP contribution in [0.1, 0.15) is 0 Å². The van der Waals surface area contributed by atoms with E-state index in [1.165, 1.54) is 0 Å². The number of aliphatic imine (C=N–C) groups is 1. The average molecular weight is 200 g/mol. The van der Waals surface area contributed by atoms with Gasteiger partial charge in [-0.25, -0.2) is 0 Å². The largest absolute Gasteiger partial charge is 0.444 e. The summed E-state index contributed by atoms with van der Waals surface area (Å²) in [7, 11) is 0. The highest BCUT2D eigenvalue weighted by molar-refractivity contribution is 6.67. The molecule has 8 heteroatoms. The van der Waals surface area contributed by atoms with E-state index in [0.717, 1.165) is 6.39 Å². The molecule has 0 aliphatic carbocycles. The Bertz CT molecular complexity index is 280. The molecule has 1 rings (SSSR count). The normalized spacial score (nSPS) is 13.5. The number of hydrogen-bond donors (Lipinski definition) is 0. The van der Waals surface area contributed by atoms with Crippen LogP contribution >= 0.6 is 11.6 Å². The van der Waals surface area contributed by atoms with Crippen molar-refractivity contribution in [3.8, 4) is 0 Å². The molecule has 0 bridgehead atoms. The lowest BCUT2D eigenvalue weighted by Crippen LogP contribution is -2.16. The number of alkyl halides is 3. The SMILES string of the molecule is FC(F)(F)C(Cl)=Nc1nnco1. The third-order valence-corrected chi connectivity index (χ3v) is 1.08. The van der Waals surface area contributed by atoms with Crippen molar-refractivity contribution in [2.75, 3.05) is 0 Å². The highest BCUT2D eigenvalue weighted by Crippen LogP contribution is 2.22. The van der Waals surface area contributed by atoms with E-state index in [-0.39, 0.29) is 0 Å². The molecule has 12 heavy (non-hydrogen) atoms. The molecule has 0 saturated carbocycles. The summed E-state index contributed by atoms with van der Waals surface area (Å²) in [6.45, 7) is 0. The van der Waals surface area contributed by atoms with Crippen molar-refractivity contribution in [2.45, 2.75) is 6.18 Å². The van der Waals surface area contributed by atoms with E-state index < -0.39 is 17.4 Å². The molecule has 0 aliphatic heterocycles. The first-order chi connectivity index (χ1) is 5.50. The van der Waals surface area contributed by atoms with Gasteiger partial charge in [0.25, 0.3) is 0 Å². The molecular weight excluding hydrogens is 199 g/mol. The average Bonchev–Trinajstić information content (AvgIpc) is 2.37. The Kier molecular flexibility index (Phi) is 2.32. The Morgan fingerprint density at radius 1 is 1.58 bits per heavy atom. The van der Waals surface area contributed by atoms with E-state index in [1.54, 1.807) is 0 Å². The molecule has 0 fully saturated rings. The molecule has 0 atom stereocenters. The second kappa shape index (κ2) is 3.10. The van der Waals surface area contributed by atoms with E-state index in [0.29, 0.717) is 0 Å². The lowest BCUT2D eigenvalue weighted by atomic mass is 10.7. The maximum Gasteiger partial charge on any atom is 0.444 e.